The van der Waals surface area contributed by atoms with Crippen LogP contribution in [-0.2, 0) is 12.4 Å². The van der Waals surface area contributed by atoms with Gasteiger partial charge in [-0.15, -0.1) is 0 Å². The number of benzene rings is 4. The van der Waals surface area contributed by atoms with Crippen molar-refractivity contribution in [1.82, 2.24) is 9.97 Å². The number of hydrogen-bond acceptors (Lipinski definition) is 6. The third kappa shape index (κ3) is 4.77. The Morgan fingerprint density at radius 3 is 1.19 bits per heavy atom. The maximum atomic E-state index is 14.0. The highest BCUT2D eigenvalue weighted by Crippen LogP contribution is 2.37. The third-order valence-corrected chi connectivity index (χ3v) is 7.94. The molecule has 7 rings (SSSR count). The number of nitrogens with zero attached hydrogens (tertiary/aromatic N) is 6. The zero-order chi connectivity index (χ0) is 34.1. The topological polar surface area (TPSA) is 98.1 Å². The molecular formula is C34H12F8N6. The molecule has 0 aliphatic carbocycles. The van der Waals surface area contributed by atoms with E-state index in [1.807, 2.05) is 0 Å². The molecular weight excluding hydrogens is 644 g/mol. The number of nitriles is 2. The molecule has 0 radical (unpaired) electrons. The van der Waals surface area contributed by atoms with E-state index in [1.165, 1.54) is 48.5 Å². The largest absolute Gasteiger partial charge is 0.419 e. The molecule has 0 atom stereocenters. The number of hydrogen-bond donors (Lipinski definition) is 0. The average Bonchev–Trinajstić information content (AvgIpc) is 3.50. The summed E-state index contributed by atoms with van der Waals surface area (Å²) in [4.78, 5) is 17.2. The van der Waals surface area contributed by atoms with Gasteiger partial charge in [-0.25, -0.2) is 18.7 Å². The van der Waals surface area contributed by atoms with Gasteiger partial charge in [-0.1, -0.05) is 36.4 Å². The lowest BCUT2D eigenvalue weighted by atomic mass is 10.0. The lowest BCUT2D eigenvalue weighted by Crippen LogP contribution is -2.08. The van der Waals surface area contributed by atoms with Gasteiger partial charge in [0, 0.05) is 21.5 Å². The summed E-state index contributed by atoms with van der Waals surface area (Å²) in [7, 11) is 0. The highest BCUT2D eigenvalue weighted by molar-refractivity contribution is 6.15. The van der Waals surface area contributed by atoms with Crippen LogP contribution < -0.4 is 10.7 Å². The molecule has 0 amide bonds. The molecule has 0 saturated heterocycles. The molecule has 1 aromatic heterocycles. The Hall–Kier alpha value is -6.28. The van der Waals surface area contributed by atoms with Gasteiger partial charge in [-0.05, 0) is 58.7 Å². The van der Waals surface area contributed by atoms with Crippen LogP contribution in [0.2, 0.25) is 0 Å². The molecule has 0 bridgehead atoms. The lowest BCUT2D eigenvalue weighted by molar-refractivity contribution is -0.140. The summed E-state index contributed by atoms with van der Waals surface area (Å²) in [5, 5.41) is 20.6. The quantitative estimate of drug-likeness (QED) is 0.138. The summed E-state index contributed by atoms with van der Waals surface area (Å²) in [5.74, 6) is -2.86. The number of halogens is 8. The van der Waals surface area contributed by atoms with Crippen molar-refractivity contribution >= 4 is 43.6 Å². The smallest absolute Gasteiger partial charge is 0.241 e. The van der Waals surface area contributed by atoms with Gasteiger partial charge in [0.15, 0.2) is 0 Å². The number of alkyl halides is 6. The highest BCUT2D eigenvalue weighted by atomic mass is 19.4. The van der Waals surface area contributed by atoms with Crippen LogP contribution in [0.15, 0.2) is 82.8 Å². The van der Waals surface area contributed by atoms with E-state index in [1.54, 1.807) is 12.4 Å². The summed E-state index contributed by atoms with van der Waals surface area (Å²) < 4.78 is 108. The van der Waals surface area contributed by atoms with E-state index in [2.05, 4.69) is 9.98 Å². The van der Waals surface area contributed by atoms with Crippen molar-refractivity contribution in [3.05, 3.63) is 106 Å². The van der Waals surface area contributed by atoms with Crippen LogP contribution in [0.25, 0.3) is 65.9 Å². The molecule has 234 valence electrons. The van der Waals surface area contributed by atoms with Gasteiger partial charge in [0.05, 0.1) is 22.2 Å². The first-order chi connectivity index (χ1) is 22.8. The molecule has 0 spiro atoms. The van der Waals surface area contributed by atoms with E-state index in [-0.39, 0.29) is 55.0 Å². The van der Waals surface area contributed by atoms with Crippen molar-refractivity contribution in [2.75, 3.05) is 0 Å². The van der Waals surface area contributed by atoms with E-state index in [4.69, 9.17) is 9.97 Å². The van der Waals surface area contributed by atoms with Gasteiger partial charge in [0.1, 0.15) is 33.4 Å². The molecule has 0 saturated carbocycles. The van der Waals surface area contributed by atoms with E-state index >= 15 is 0 Å². The second-order valence-corrected chi connectivity index (χ2v) is 10.6. The summed E-state index contributed by atoms with van der Waals surface area (Å²) in [6, 6.07) is 14.2. The van der Waals surface area contributed by atoms with Gasteiger partial charge in [-0.2, -0.15) is 46.9 Å². The molecule has 7 aromatic rings. The predicted octanol–water partition coefficient (Wildman–Crippen LogP) is 8.38. The second-order valence-electron chi connectivity index (χ2n) is 10.6. The summed E-state index contributed by atoms with van der Waals surface area (Å²) >= 11 is 0. The van der Waals surface area contributed by atoms with Crippen molar-refractivity contribution in [2.45, 2.75) is 12.4 Å². The molecule has 0 fully saturated rings. The standard InChI is InChI=1S/C34H12F8N6/c35-25-7-3-17(11-23(25)33(37,38)39)15-1-5-19-21(9-15)27(45-13-43)31-29(19)47-32-28(46-14-44)22-10-16(2-6-20(22)30(32)48-31)18-4-8-26(36)24(12-18)34(40,41)42/h1-12H. The van der Waals surface area contributed by atoms with Crippen LogP contribution in [0, 0.1) is 34.5 Å². The fourth-order valence-corrected chi connectivity index (χ4v) is 5.82. The third-order valence-electron chi connectivity index (χ3n) is 7.94. The molecule has 1 heterocycles. The number of rotatable bonds is 2. The summed E-state index contributed by atoms with van der Waals surface area (Å²) in [5.41, 5.74) is -1.48. The van der Waals surface area contributed by atoms with E-state index < -0.39 is 35.1 Å². The maximum Gasteiger partial charge on any atom is 0.419 e. The lowest BCUT2D eigenvalue weighted by Gasteiger charge is -2.10. The summed E-state index contributed by atoms with van der Waals surface area (Å²) in [6.45, 7) is 0. The number of aromatic nitrogens is 2. The normalized spacial score (nSPS) is 13.2. The van der Waals surface area contributed by atoms with Crippen molar-refractivity contribution < 1.29 is 35.1 Å². The van der Waals surface area contributed by atoms with E-state index in [9.17, 15) is 45.6 Å². The number of fused-ring (bicyclic) bond motifs is 6. The zero-order valence-electron chi connectivity index (χ0n) is 23.6. The van der Waals surface area contributed by atoms with Crippen LogP contribution >= 0.6 is 0 Å². The molecule has 0 aliphatic rings. The summed E-state index contributed by atoms with van der Waals surface area (Å²) in [6.07, 6.45) is -6.47. The first-order valence-electron chi connectivity index (χ1n) is 13.7. The second kappa shape index (κ2) is 10.6. The fraction of sp³-hybridized carbons (Fsp3) is 0.0588. The van der Waals surface area contributed by atoms with Gasteiger partial charge in [0.2, 0.25) is 12.4 Å². The Kier molecular flexibility index (Phi) is 6.73. The van der Waals surface area contributed by atoms with Gasteiger partial charge in [0.25, 0.3) is 0 Å². The SMILES string of the molecule is N#CN=c1c2cc(-c3ccc(F)c(C(F)(F)F)c3)ccc2c2nc3c(=NC#N)c4cc(-c5ccc(F)c(C(F)(F)F)c5)ccc4c3nc12. The fourth-order valence-electron chi connectivity index (χ4n) is 5.82. The Morgan fingerprint density at radius 2 is 0.833 bits per heavy atom. The minimum atomic E-state index is -4.93. The predicted molar refractivity (Wildman–Crippen MR) is 158 cm³/mol. The van der Waals surface area contributed by atoms with Crippen molar-refractivity contribution in [3.63, 3.8) is 0 Å². The van der Waals surface area contributed by atoms with Gasteiger partial charge < -0.3 is 0 Å². The molecule has 48 heavy (non-hydrogen) atoms. The van der Waals surface area contributed by atoms with Crippen LogP contribution in [0.3, 0.4) is 0 Å². The van der Waals surface area contributed by atoms with Gasteiger partial charge >= 0.3 is 12.4 Å². The first kappa shape index (κ1) is 30.4. The molecule has 0 aliphatic heterocycles. The van der Waals surface area contributed by atoms with E-state index in [0.29, 0.717) is 45.8 Å². The van der Waals surface area contributed by atoms with E-state index in [0.717, 1.165) is 0 Å². The van der Waals surface area contributed by atoms with Crippen molar-refractivity contribution in [1.29, 1.82) is 10.5 Å². The van der Waals surface area contributed by atoms with Crippen LogP contribution in [0.1, 0.15) is 11.1 Å². The maximum absolute atomic E-state index is 14.0. The van der Waals surface area contributed by atoms with Crippen LogP contribution in [-0.4, -0.2) is 9.97 Å². The Balaban J connectivity index is 1.48. The Bertz CT molecular complexity index is 2520. The highest BCUT2D eigenvalue weighted by Gasteiger charge is 2.35. The Morgan fingerprint density at radius 1 is 0.479 bits per heavy atom. The van der Waals surface area contributed by atoms with Gasteiger partial charge in [-0.3, -0.25) is 0 Å². The minimum absolute atomic E-state index is 0.0545. The zero-order valence-corrected chi connectivity index (χ0v) is 23.6. The van der Waals surface area contributed by atoms with Crippen molar-refractivity contribution in [2.24, 2.45) is 9.98 Å². The molecule has 6 aromatic carbocycles. The first-order valence-corrected chi connectivity index (χ1v) is 13.7. The minimum Gasteiger partial charge on any atom is -0.241 e. The molecule has 6 nitrogen and oxygen atoms in total. The average molecular weight is 656 g/mol. The molecule has 0 unspecified atom stereocenters. The van der Waals surface area contributed by atoms with Crippen molar-refractivity contribution in [3.8, 4) is 34.6 Å². The molecule has 14 heteroatoms. The van der Waals surface area contributed by atoms with Crippen LogP contribution in [0.4, 0.5) is 35.1 Å². The monoisotopic (exact) mass is 656 g/mol. The van der Waals surface area contributed by atoms with Crippen LogP contribution in [0.5, 0.6) is 0 Å². The Labute approximate surface area is 262 Å². The molecule has 0 N–H and O–H groups in total.